The molecule has 0 unspecified atom stereocenters. The Labute approximate surface area is 123 Å². The molecule has 1 heterocycles. The standard InChI is InChI=1S/C16H19NO4/c1-16(2)11-17(8-9-21-16)15(20)13-5-3-4-12(10-13)6-7-14(18)19/h3-7,10H,8-9,11H2,1-2H3,(H,18,19). The number of amides is 1. The molecule has 1 aromatic carbocycles. The second-order valence-corrected chi connectivity index (χ2v) is 5.63. The molecule has 1 aliphatic heterocycles. The molecule has 1 N–H and O–H groups in total. The van der Waals surface area contributed by atoms with Crippen LogP contribution in [0.25, 0.3) is 6.08 Å². The Morgan fingerprint density at radius 1 is 1.38 bits per heavy atom. The minimum absolute atomic E-state index is 0.0584. The molecule has 112 valence electrons. The predicted octanol–water partition coefficient (Wildman–Crippen LogP) is 2.04. The largest absolute Gasteiger partial charge is 0.478 e. The molecule has 2 rings (SSSR count). The number of aliphatic carboxylic acids is 1. The molecule has 1 amide bonds. The lowest BCUT2D eigenvalue weighted by Crippen LogP contribution is -2.50. The van der Waals surface area contributed by atoms with Gasteiger partial charge in [-0.3, -0.25) is 4.79 Å². The summed E-state index contributed by atoms with van der Waals surface area (Å²) in [6.45, 7) is 5.55. The van der Waals surface area contributed by atoms with Gasteiger partial charge in [0.05, 0.1) is 12.2 Å². The summed E-state index contributed by atoms with van der Waals surface area (Å²) in [6, 6.07) is 6.95. The lowest BCUT2D eigenvalue weighted by molar-refractivity contribution is -0.131. The van der Waals surface area contributed by atoms with Crippen LogP contribution in [0.5, 0.6) is 0 Å². The fraction of sp³-hybridized carbons (Fsp3) is 0.375. The summed E-state index contributed by atoms with van der Waals surface area (Å²) in [5.41, 5.74) is 0.908. The zero-order chi connectivity index (χ0) is 15.5. The van der Waals surface area contributed by atoms with E-state index in [0.29, 0.717) is 30.8 Å². The minimum atomic E-state index is -1.01. The molecule has 1 saturated heterocycles. The van der Waals surface area contributed by atoms with Crippen LogP contribution in [0, 0.1) is 0 Å². The number of nitrogens with zero attached hydrogens (tertiary/aromatic N) is 1. The molecule has 21 heavy (non-hydrogen) atoms. The highest BCUT2D eigenvalue weighted by Gasteiger charge is 2.30. The van der Waals surface area contributed by atoms with Gasteiger partial charge in [-0.05, 0) is 37.6 Å². The second-order valence-electron chi connectivity index (χ2n) is 5.63. The maximum absolute atomic E-state index is 12.5. The van der Waals surface area contributed by atoms with Gasteiger partial charge < -0.3 is 14.7 Å². The first-order chi connectivity index (χ1) is 9.87. The molecular formula is C16H19NO4. The third-order valence-electron chi connectivity index (χ3n) is 3.26. The Morgan fingerprint density at radius 3 is 2.81 bits per heavy atom. The molecule has 5 nitrogen and oxygen atoms in total. The Hall–Kier alpha value is -2.14. The minimum Gasteiger partial charge on any atom is -0.478 e. The van der Waals surface area contributed by atoms with E-state index in [1.807, 2.05) is 13.8 Å². The van der Waals surface area contributed by atoms with Crippen LogP contribution >= 0.6 is 0 Å². The highest BCUT2D eigenvalue weighted by atomic mass is 16.5. The van der Waals surface area contributed by atoms with Gasteiger partial charge in [0.2, 0.25) is 0 Å². The first kappa shape index (κ1) is 15.3. The van der Waals surface area contributed by atoms with E-state index in [9.17, 15) is 9.59 Å². The first-order valence-corrected chi connectivity index (χ1v) is 6.82. The van der Waals surface area contributed by atoms with E-state index in [2.05, 4.69) is 0 Å². The highest BCUT2D eigenvalue weighted by molar-refractivity contribution is 5.95. The van der Waals surface area contributed by atoms with Gasteiger partial charge in [-0.15, -0.1) is 0 Å². The van der Waals surface area contributed by atoms with Crippen LogP contribution in [-0.4, -0.2) is 47.2 Å². The molecule has 0 atom stereocenters. The monoisotopic (exact) mass is 289 g/mol. The van der Waals surface area contributed by atoms with Crippen LogP contribution in [0.15, 0.2) is 30.3 Å². The predicted molar refractivity (Wildman–Crippen MR) is 79.0 cm³/mol. The lowest BCUT2D eigenvalue weighted by Gasteiger charge is -2.38. The molecule has 1 aromatic rings. The Kier molecular flexibility index (Phi) is 4.43. The third-order valence-corrected chi connectivity index (χ3v) is 3.26. The van der Waals surface area contributed by atoms with Crippen LogP contribution in [0.2, 0.25) is 0 Å². The summed E-state index contributed by atoms with van der Waals surface area (Å²) >= 11 is 0. The van der Waals surface area contributed by atoms with Crippen LogP contribution in [-0.2, 0) is 9.53 Å². The number of carbonyl (C=O) groups excluding carboxylic acids is 1. The Morgan fingerprint density at radius 2 is 2.14 bits per heavy atom. The van der Waals surface area contributed by atoms with Crippen LogP contribution in [0.4, 0.5) is 0 Å². The summed E-state index contributed by atoms with van der Waals surface area (Å²) < 4.78 is 5.60. The van der Waals surface area contributed by atoms with Crippen molar-refractivity contribution in [2.45, 2.75) is 19.4 Å². The van der Waals surface area contributed by atoms with Crippen molar-refractivity contribution >= 4 is 18.0 Å². The van der Waals surface area contributed by atoms with E-state index in [1.54, 1.807) is 29.2 Å². The number of carbonyl (C=O) groups is 2. The summed E-state index contributed by atoms with van der Waals surface area (Å²) in [4.78, 5) is 24.8. The number of carboxylic acid groups (broad SMARTS) is 1. The van der Waals surface area contributed by atoms with Crippen molar-refractivity contribution in [3.63, 3.8) is 0 Å². The molecule has 0 saturated carbocycles. The average Bonchev–Trinajstić information content (AvgIpc) is 2.43. The first-order valence-electron chi connectivity index (χ1n) is 6.82. The summed E-state index contributed by atoms with van der Waals surface area (Å²) in [7, 11) is 0. The second kappa shape index (κ2) is 6.10. The average molecular weight is 289 g/mol. The van der Waals surface area contributed by atoms with Crippen LogP contribution in [0.3, 0.4) is 0 Å². The molecule has 0 aromatic heterocycles. The number of hydrogen-bond donors (Lipinski definition) is 1. The topological polar surface area (TPSA) is 66.8 Å². The van der Waals surface area contributed by atoms with Crippen molar-refractivity contribution in [3.05, 3.63) is 41.5 Å². The fourth-order valence-electron chi connectivity index (χ4n) is 2.32. The van der Waals surface area contributed by atoms with Gasteiger partial charge in [0.25, 0.3) is 5.91 Å². The van der Waals surface area contributed by atoms with Crippen molar-refractivity contribution in [1.82, 2.24) is 4.90 Å². The number of ether oxygens (including phenoxy) is 1. The van der Waals surface area contributed by atoms with Crippen molar-refractivity contribution in [3.8, 4) is 0 Å². The zero-order valence-corrected chi connectivity index (χ0v) is 12.2. The van der Waals surface area contributed by atoms with E-state index in [1.165, 1.54) is 6.08 Å². The Bertz CT molecular complexity index is 577. The smallest absolute Gasteiger partial charge is 0.328 e. The molecule has 0 aliphatic carbocycles. The van der Waals surface area contributed by atoms with Gasteiger partial charge in [-0.2, -0.15) is 0 Å². The van der Waals surface area contributed by atoms with Gasteiger partial charge >= 0.3 is 5.97 Å². The van der Waals surface area contributed by atoms with Crippen molar-refractivity contribution in [1.29, 1.82) is 0 Å². The summed E-state index contributed by atoms with van der Waals surface area (Å²) in [5.74, 6) is -1.07. The van der Waals surface area contributed by atoms with Crippen LogP contribution < -0.4 is 0 Å². The highest BCUT2D eigenvalue weighted by Crippen LogP contribution is 2.19. The fourth-order valence-corrected chi connectivity index (χ4v) is 2.32. The van der Waals surface area contributed by atoms with Crippen molar-refractivity contribution in [2.75, 3.05) is 19.7 Å². The quantitative estimate of drug-likeness (QED) is 0.865. The zero-order valence-electron chi connectivity index (χ0n) is 12.2. The van der Waals surface area contributed by atoms with Gasteiger partial charge in [-0.25, -0.2) is 4.79 Å². The van der Waals surface area contributed by atoms with E-state index < -0.39 is 5.97 Å². The maximum atomic E-state index is 12.5. The molecule has 1 aliphatic rings. The van der Waals surface area contributed by atoms with E-state index in [0.717, 1.165) is 6.08 Å². The van der Waals surface area contributed by atoms with Crippen molar-refractivity contribution < 1.29 is 19.4 Å². The molecule has 0 spiro atoms. The number of carboxylic acids is 1. The summed E-state index contributed by atoms with van der Waals surface area (Å²) in [5, 5.41) is 8.64. The number of hydrogen-bond acceptors (Lipinski definition) is 3. The maximum Gasteiger partial charge on any atom is 0.328 e. The van der Waals surface area contributed by atoms with Crippen LogP contribution in [0.1, 0.15) is 29.8 Å². The van der Waals surface area contributed by atoms with Gasteiger partial charge in [-0.1, -0.05) is 12.1 Å². The molecule has 0 radical (unpaired) electrons. The van der Waals surface area contributed by atoms with E-state index in [-0.39, 0.29) is 11.5 Å². The van der Waals surface area contributed by atoms with E-state index >= 15 is 0 Å². The molecule has 5 heteroatoms. The molecule has 0 bridgehead atoms. The number of morpholine rings is 1. The number of rotatable bonds is 3. The van der Waals surface area contributed by atoms with Crippen molar-refractivity contribution in [2.24, 2.45) is 0 Å². The normalized spacial score (nSPS) is 17.9. The number of benzene rings is 1. The molecular weight excluding hydrogens is 270 g/mol. The summed E-state index contributed by atoms with van der Waals surface area (Å²) in [6.07, 6.45) is 2.53. The lowest BCUT2D eigenvalue weighted by atomic mass is 10.0. The SMILES string of the molecule is CC1(C)CN(C(=O)c2cccc(C=CC(=O)O)c2)CCO1. The molecule has 1 fully saturated rings. The third kappa shape index (κ3) is 4.16. The van der Waals surface area contributed by atoms with Gasteiger partial charge in [0.15, 0.2) is 0 Å². The van der Waals surface area contributed by atoms with Gasteiger partial charge in [0, 0.05) is 24.7 Å². The van der Waals surface area contributed by atoms with Gasteiger partial charge in [0.1, 0.15) is 0 Å². The Balaban J connectivity index is 2.16. The van der Waals surface area contributed by atoms with E-state index in [4.69, 9.17) is 9.84 Å².